The van der Waals surface area contributed by atoms with Crippen LogP contribution in [0.5, 0.6) is 0 Å². The highest BCUT2D eigenvalue weighted by molar-refractivity contribution is 5.30. The standard InChI is InChI=1S/C13H18N4O/c1-13(2,3)11(18)9-12-14-15-16-17(12)10-7-5-4-6-8-10/h4-8,11,18H,9H2,1-3H3. The fourth-order valence-electron chi connectivity index (χ4n) is 1.58. The third-order valence-corrected chi connectivity index (χ3v) is 2.91. The van der Waals surface area contributed by atoms with Crippen LogP contribution in [0.4, 0.5) is 0 Å². The minimum absolute atomic E-state index is 0.187. The number of hydrogen-bond acceptors (Lipinski definition) is 4. The van der Waals surface area contributed by atoms with Crippen LogP contribution in [0.3, 0.4) is 0 Å². The van der Waals surface area contributed by atoms with Crippen LogP contribution in [0.25, 0.3) is 5.69 Å². The summed E-state index contributed by atoms with van der Waals surface area (Å²) in [6, 6.07) is 9.67. The first-order chi connectivity index (χ1) is 8.48. The normalized spacial score (nSPS) is 13.6. The van der Waals surface area contributed by atoms with Gasteiger partial charge in [-0.05, 0) is 28.0 Å². The molecule has 0 aliphatic carbocycles. The average molecular weight is 246 g/mol. The number of benzene rings is 1. The Kier molecular flexibility index (Phi) is 3.43. The molecule has 2 rings (SSSR count). The quantitative estimate of drug-likeness (QED) is 0.893. The van der Waals surface area contributed by atoms with E-state index in [-0.39, 0.29) is 5.41 Å². The van der Waals surface area contributed by atoms with Crippen LogP contribution in [-0.4, -0.2) is 31.4 Å². The molecule has 0 amide bonds. The van der Waals surface area contributed by atoms with Gasteiger partial charge in [-0.2, -0.15) is 4.68 Å². The van der Waals surface area contributed by atoms with E-state index in [9.17, 15) is 5.11 Å². The van der Waals surface area contributed by atoms with Gasteiger partial charge in [0.1, 0.15) is 0 Å². The Bertz CT molecular complexity index is 501. The first kappa shape index (κ1) is 12.7. The molecule has 0 bridgehead atoms. The lowest BCUT2D eigenvalue weighted by Crippen LogP contribution is -2.29. The maximum Gasteiger partial charge on any atom is 0.159 e. The van der Waals surface area contributed by atoms with Gasteiger partial charge in [0.05, 0.1) is 11.8 Å². The maximum absolute atomic E-state index is 10.1. The van der Waals surface area contributed by atoms with Gasteiger partial charge in [0.2, 0.25) is 0 Å². The highest BCUT2D eigenvalue weighted by atomic mass is 16.3. The van der Waals surface area contributed by atoms with Crippen molar-refractivity contribution in [2.75, 3.05) is 0 Å². The SMILES string of the molecule is CC(C)(C)C(O)Cc1nnnn1-c1ccccc1. The smallest absolute Gasteiger partial charge is 0.159 e. The van der Waals surface area contributed by atoms with Crippen molar-refractivity contribution in [2.45, 2.75) is 33.3 Å². The molecule has 0 aliphatic heterocycles. The van der Waals surface area contributed by atoms with E-state index in [0.717, 1.165) is 5.69 Å². The minimum atomic E-state index is -0.481. The van der Waals surface area contributed by atoms with Gasteiger partial charge in [0.15, 0.2) is 5.82 Å². The van der Waals surface area contributed by atoms with E-state index < -0.39 is 6.10 Å². The molecule has 0 radical (unpaired) electrons. The van der Waals surface area contributed by atoms with Crippen molar-refractivity contribution >= 4 is 0 Å². The van der Waals surface area contributed by atoms with E-state index in [4.69, 9.17) is 0 Å². The predicted octanol–water partition coefficient (Wildman–Crippen LogP) is 1.61. The Morgan fingerprint density at radius 2 is 1.89 bits per heavy atom. The van der Waals surface area contributed by atoms with Crippen molar-refractivity contribution in [3.63, 3.8) is 0 Å². The molecule has 96 valence electrons. The van der Waals surface area contributed by atoms with Gasteiger partial charge >= 0.3 is 0 Å². The van der Waals surface area contributed by atoms with Gasteiger partial charge in [-0.25, -0.2) is 0 Å². The Morgan fingerprint density at radius 1 is 1.22 bits per heavy atom. The largest absolute Gasteiger partial charge is 0.392 e. The number of aromatic nitrogens is 4. The number of para-hydroxylation sites is 1. The topological polar surface area (TPSA) is 63.8 Å². The van der Waals surface area contributed by atoms with Crippen LogP contribution in [0.2, 0.25) is 0 Å². The zero-order valence-corrected chi connectivity index (χ0v) is 10.9. The molecule has 1 N–H and O–H groups in total. The highest BCUT2D eigenvalue weighted by Crippen LogP contribution is 2.22. The Balaban J connectivity index is 2.24. The second-order valence-electron chi connectivity index (χ2n) is 5.43. The van der Waals surface area contributed by atoms with E-state index >= 15 is 0 Å². The van der Waals surface area contributed by atoms with E-state index in [1.54, 1.807) is 4.68 Å². The highest BCUT2D eigenvalue weighted by Gasteiger charge is 2.24. The molecule has 1 unspecified atom stereocenters. The third-order valence-electron chi connectivity index (χ3n) is 2.91. The van der Waals surface area contributed by atoms with Crippen molar-refractivity contribution in [3.8, 4) is 5.69 Å². The van der Waals surface area contributed by atoms with Crippen molar-refractivity contribution in [2.24, 2.45) is 5.41 Å². The molecular formula is C13H18N4O. The Morgan fingerprint density at radius 3 is 2.50 bits per heavy atom. The fraction of sp³-hybridized carbons (Fsp3) is 0.462. The van der Waals surface area contributed by atoms with Crippen LogP contribution in [0.1, 0.15) is 26.6 Å². The Labute approximate surface area is 106 Å². The monoisotopic (exact) mass is 246 g/mol. The lowest BCUT2D eigenvalue weighted by atomic mass is 9.87. The second kappa shape index (κ2) is 4.86. The summed E-state index contributed by atoms with van der Waals surface area (Å²) in [4.78, 5) is 0. The molecule has 0 saturated heterocycles. The summed E-state index contributed by atoms with van der Waals surface area (Å²) in [7, 11) is 0. The minimum Gasteiger partial charge on any atom is -0.392 e. The Hall–Kier alpha value is -1.75. The number of tetrazole rings is 1. The number of aliphatic hydroxyl groups excluding tert-OH is 1. The summed E-state index contributed by atoms with van der Waals surface area (Å²) in [5.41, 5.74) is 0.714. The number of rotatable bonds is 3. The lowest BCUT2D eigenvalue weighted by molar-refractivity contribution is 0.0614. The molecule has 1 atom stereocenters. The molecule has 0 saturated carbocycles. The molecule has 18 heavy (non-hydrogen) atoms. The summed E-state index contributed by atoms with van der Waals surface area (Å²) in [6.45, 7) is 5.98. The third kappa shape index (κ3) is 2.73. The average Bonchev–Trinajstić information content (AvgIpc) is 2.77. The molecule has 1 heterocycles. The van der Waals surface area contributed by atoms with E-state index in [2.05, 4.69) is 15.5 Å². The van der Waals surface area contributed by atoms with Crippen molar-refractivity contribution in [1.29, 1.82) is 0 Å². The molecule has 5 heteroatoms. The van der Waals surface area contributed by atoms with Gasteiger partial charge in [0, 0.05) is 6.42 Å². The fourth-order valence-corrected chi connectivity index (χ4v) is 1.58. The van der Waals surface area contributed by atoms with Crippen LogP contribution < -0.4 is 0 Å². The molecule has 0 spiro atoms. The number of nitrogens with zero attached hydrogens (tertiary/aromatic N) is 4. The van der Waals surface area contributed by atoms with Gasteiger partial charge < -0.3 is 5.11 Å². The molecule has 2 aromatic rings. The van der Waals surface area contributed by atoms with Crippen molar-refractivity contribution < 1.29 is 5.11 Å². The molecule has 1 aromatic carbocycles. The zero-order valence-electron chi connectivity index (χ0n) is 10.9. The molecule has 1 aromatic heterocycles. The summed E-state index contributed by atoms with van der Waals surface area (Å²) in [5.74, 6) is 0.670. The van der Waals surface area contributed by atoms with E-state index in [1.807, 2.05) is 51.1 Å². The molecule has 5 nitrogen and oxygen atoms in total. The summed E-state index contributed by atoms with van der Waals surface area (Å²) in [5, 5.41) is 21.8. The lowest BCUT2D eigenvalue weighted by Gasteiger charge is -2.25. The first-order valence-corrected chi connectivity index (χ1v) is 5.99. The summed E-state index contributed by atoms with van der Waals surface area (Å²) in [6.07, 6.45) is -0.0447. The molecule has 0 aliphatic rings. The van der Waals surface area contributed by atoms with E-state index in [0.29, 0.717) is 12.2 Å². The molecule has 0 fully saturated rings. The molecular weight excluding hydrogens is 228 g/mol. The second-order valence-corrected chi connectivity index (χ2v) is 5.43. The maximum atomic E-state index is 10.1. The van der Waals surface area contributed by atoms with Gasteiger partial charge in [-0.3, -0.25) is 0 Å². The van der Waals surface area contributed by atoms with Gasteiger partial charge in [-0.1, -0.05) is 39.0 Å². The van der Waals surface area contributed by atoms with Crippen LogP contribution in [0, 0.1) is 5.41 Å². The van der Waals surface area contributed by atoms with Crippen molar-refractivity contribution in [3.05, 3.63) is 36.2 Å². The predicted molar refractivity (Wildman–Crippen MR) is 68.3 cm³/mol. The van der Waals surface area contributed by atoms with Gasteiger partial charge in [-0.15, -0.1) is 5.10 Å². The summed E-state index contributed by atoms with van der Waals surface area (Å²) < 4.78 is 1.66. The number of aliphatic hydroxyl groups is 1. The first-order valence-electron chi connectivity index (χ1n) is 5.99. The van der Waals surface area contributed by atoms with Crippen LogP contribution in [0.15, 0.2) is 30.3 Å². The summed E-state index contributed by atoms with van der Waals surface area (Å²) >= 11 is 0. The van der Waals surface area contributed by atoms with E-state index in [1.165, 1.54) is 0 Å². The van der Waals surface area contributed by atoms with Crippen molar-refractivity contribution in [1.82, 2.24) is 20.2 Å². The van der Waals surface area contributed by atoms with Crippen LogP contribution in [-0.2, 0) is 6.42 Å². The van der Waals surface area contributed by atoms with Crippen LogP contribution >= 0.6 is 0 Å². The zero-order chi connectivity index (χ0) is 13.2. The number of hydrogen-bond donors (Lipinski definition) is 1. The van der Waals surface area contributed by atoms with Gasteiger partial charge in [0.25, 0.3) is 0 Å².